The maximum Gasteiger partial charge on any atom is 0.264 e. The molecule has 4 rings (SSSR count). The number of hydrogen-bond donors (Lipinski definition) is 1. The molecule has 0 fully saturated rings. The summed E-state index contributed by atoms with van der Waals surface area (Å²) >= 11 is 5.96. The van der Waals surface area contributed by atoms with Gasteiger partial charge >= 0.3 is 0 Å². The van der Waals surface area contributed by atoms with E-state index < -0.39 is 28.3 Å². The van der Waals surface area contributed by atoms with Gasteiger partial charge in [-0.25, -0.2) is 12.8 Å². The largest absolute Gasteiger partial charge is 0.493 e. The molecule has 0 unspecified atom stereocenters. The molecule has 0 radical (unpaired) electrons. The average Bonchev–Trinajstić information content (AvgIpc) is 2.93. The Morgan fingerprint density at radius 2 is 1.58 bits per heavy atom. The summed E-state index contributed by atoms with van der Waals surface area (Å²) in [6, 6.07) is 24.1. The molecule has 0 saturated carbocycles. The van der Waals surface area contributed by atoms with Crippen LogP contribution in [0.4, 0.5) is 15.8 Å². The second kappa shape index (κ2) is 11.5. The van der Waals surface area contributed by atoms with Crippen molar-refractivity contribution < 1.29 is 27.1 Å². The smallest absolute Gasteiger partial charge is 0.264 e. The van der Waals surface area contributed by atoms with E-state index in [9.17, 15) is 17.6 Å². The van der Waals surface area contributed by atoms with Crippen molar-refractivity contribution in [1.29, 1.82) is 0 Å². The van der Waals surface area contributed by atoms with Gasteiger partial charge in [-0.1, -0.05) is 60.1 Å². The van der Waals surface area contributed by atoms with E-state index in [2.05, 4.69) is 5.32 Å². The second-order valence-electron chi connectivity index (χ2n) is 8.09. The molecule has 4 aromatic rings. The molecule has 4 aromatic carbocycles. The summed E-state index contributed by atoms with van der Waals surface area (Å²) in [7, 11) is -1.53. The molecule has 1 N–H and O–H groups in total. The normalized spacial score (nSPS) is 11.1. The first-order valence-corrected chi connectivity index (χ1v) is 13.2. The van der Waals surface area contributed by atoms with Crippen molar-refractivity contribution >= 4 is 38.9 Å². The van der Waals surface area contributed by atoms with Crippen LogP contribution in [0, 0.1) is 5.82 Å². The van der Waals surface area contributed by atoms with Gasteiger partial charge in [0.15, 0.2) is 11.5 Å². The topological polar surface area (TPSA) is 84.9 Å². The minimum Gasteiger partial charge on any atom is -0.493 e. The van der Waals surface area contributed by atoms with E-state index in [1.807, 2.05) is 42.5 Å². The van der Waals surface area contributed by atoms with Crippen LogP contribution in [-0.4, -0.2) is 35.1 Å². The van der Waals surface area contributed by atoms with E-state index in [1.54, 1.807) is 12.1 Å². The Kier molecular flexibility index (Phi) is 8.19. The second-order valence-corrected chi connectivity index (χ2v) is 10.4. The zero-order chi connectivity index (χ0) is 27.3. The van der Waals surface area contributed by atoms with Crippen molar-refractivity contribution in [2.24, 2.45) is 0 Å². The maximum atomic E-state index is 13.9. The van der Waals surface area contributed by atoms with Crippen LogP contribution in [0.15, 0.2) is 95.9 Å². The molecule has 0 aliphatic rings. The van der Waals surface area contributed by atoms with Gasteiger partial charge in [-0.3, -0.25) is 9.10 Å². The van der Waals surface area contributed by atoms with Crippen LogP contribution >= 0.6 is 11.6 Å². The molecule has 10 heteroatoms. The quantitative estimate of drug-likeness (QED) is 0.274. The van der Waals surface area contributed by atoms with Gasteiger partial charge in [-0.05, 0) is 42.0 Å². The summed E-state index contributed by atoms with van der Waals surface area (Å²) in [4.78, 5) is 13.1. The number of halogens is 2. The van der Waals surface area contributed by atoms with Gasteiger partial charge in [0.05, 0.1) is 29.8 Å². The molecule has 0 bridgehead atoms. The van der Waals surface area contributed by atoms with E-state index in [-0.39, 0.29) is 21.4 Å². The molecule has 7 nitrogen and oxygen atoms in total. The third-order valence-electron chi connectivity index (χ3n) is 5.71. The van der Waals surface area contributed by atoms with Crippen molar-refractivity contribution in [3.8, 4) is 22.6 Å². The maximum absolute atomic E-state index is 13.9. The highest BCUT2D eigenvalue weighted by atomic mass is 35.5. The van der Waals surface area contributed by atoms with E-state index in [1.165, 1.54) is 38.5 Å². The van der Waals surface area contributed by atoms with Crippen LogP contribution in [0.2, 0.25) is 5.02 Å². The van der Waals surface area contributed by atoms with E-state index in [0.717, 1.165) is 27.6 Å². The highest BCUT2D eigenvalue weighted by Crippen LogP contribution is 2.33. The predicted octanol–water partition coefficient (Wildman–Crippen LogP) is 6.00. The van der Waals surface area contributed by atoms with Crippen molar-refractivity contribution in [2.45, 2.75) is 4.90 Å². The molecular formula is C28H24ClFN2O5S. The number of amides is 1. The Morgan fingerprint density at radius 3 is 2.26 bits per heavy atom. The fourth-order valence-electron chi connectivity index (χ4n) is 3.84. The first-order valence-electron chi connectivity index (χ1n) is 11.4. The lowest BCUT2D eigenvalue weighted by molar-refractivity contribution is -0.114. The first kappa shape index (κ1) is 27.0. The standard InChI is InChI=1S/C28H24ClFN2O5S/c1-36-26-15-13-21(17-27(26)37-2)38(34,35)32(20-12-14-24(30)23(29)16-20)18-28(33)31-25-11-7-6-10-22(25)19-8-4-3-5-9-19/h3-17H,18H2,1-2H3,(H,31,33). The molecule has 1 amide bonds. The van der Waals surface area contributed by atoms with E-state index in [4.69, 9.17) is 21.1 Å². The monoisotopic (exact) mass is 554 g/mol. The summed E-state index contributed by atoms with van der Waals surface area (Å²) in [6.45, 7) is -0.609. The molecule has 0 atom stereocenters. The van der Waals surface area contributed by atoms with Gasteiger partial charge in [0.1, 0.15) is 12.4 Å². The van der Waals surface area contributed by atoms with Crippen LogP contribution < -0.4 is 19.1 Å². The average molecular weight is 555 g/mol. The lowest BCUT2D eigenvalue weighted by atomic mass is 10.0. The fourth-order valence-corrected chi connectivity index (χ4v) is 5.44. The zero-order valence-corrected chi connectivity index (χ0v) is 22.1. The van der Waals surface area contributed by atoms with Gasteiger partial charge in [0.2, 0.25) is 5.91 Å². The highest BCUT2D eigenvalue weighted by Gasteiger charge is 2.29. The predicted molar refractivity (Wildman–Crippen MR) is 146 cm³/mol. The molecule has 0 aromatic heterocycles. The summed E-state index contributed by atoms with van der Waals surface area (Å²) in [5, 5.41) is 2.52. The minimum atomic E-state index is -4.34. The van der Waals surface area contributed by atoms with Crippen molar-refractivity contribution in [1.82, 2.24) is 0 Å². The Hall–Kier alpha value is -4.08. The number of para-hydroxylation sites is 1. The van der Waals surface area contributed by atoms with Gasteiger partial charge in [-0.2, -0.15) is 0 Å². The van der Waals surface area contributed by atoms with E-state index >= 15 is 0 Å². The Balaban J connectivity index is 1.72. The Bertz CT molecular complexity index is 1570. The summed E-state index contributed by atoms with van der Waals surface area (Å²) in [5.41, 5.74) is 2.16. The number of carbonyl (C=O) groups excluding carboxylic acids is 1. The molecule has 0 aliphatic heterocycles. The lowest BCUT2D eigenvalue weighted by Crippen LogP contribution is -2.38. The fraction of sp³-hybridized carbons (Fsp3) is 0.107. The SMILES string of the molecule is COc1ccc(S(=O)(=O)N(CC(=O)Nc2ccccc2-c2ccccc2)c2ccc(F)c(Cl)c2)cc1OC. The van der Waals surface area contributed by atoms with E-state index in [0.29, 0.717) is 11.4 Å². The highest BCUT2D eigenvalue weighted by molar-refractivity contribution is 7.92. The Morgan fingerprint density at radius 1 is 0.895 bits per heavy atom. The van der Waals surface area contributed by atoms with Gasteiger partial charge in [-0.15, -0.1) is 0 Å². The van der Waals surface area contributed by atoms with Crippen LogP contribution in [0.3, 0.4) is 0 Å². The number of benzene rings is 4. The number of anilines is 2. The van der Waals surface area contributed by atoms with Crippen LogP contribution in [0.1, 0.15) is 0 Å². The third kappa shape index (κ3) is 5.74. The molecule has 38 heavy (non-hydrogen) atoms. The Labute approximate surface area is 225 Å². The molecule has 196 valence electrons. The van der Waals surface area contributed by atoms with Crippen LogP contribution in [-0.2, 0) is 14.8 Å². The third-order valence-corrected chi connectivity index (χ3v) is 7.77. The number of carbonyl (C=O) groups is 1. The number of nitrogens with one attached hydrogen (secondary N) is 1. The summed E-state index contributed by atoms with van der Waals surface area (Å²) in [5.74, 6) is -0.817. The lowest BCUT2D eigenvalue weighted by Gasteiger charge is -2.25. The molecule has 0 saturated heterocycles. The first-order chi connectivity index (χ1) is 18.2. The molecule has 0 spiro atoms. The number of ether oxygens (including phenoxy) is 2. The van der Waals surface area contributed by atoms with Gasteiger partial charge in [0, 0.05) is 17.3 Å². The molecule has 0 heterocycles. The van der Waals surface area contributed by atoms with Gasteiger partial charge < -0.3 is 14.8 Å². The molecule has 0 aliphatic carbocycles. The van der Waals surface area contributed by atoms with Crippen molar-refractivity contribution in [3.63, 3.8) is 0 Å². The van der Waals surface area contributed by atoms with Gasteiger partial charge in [0.25, 0.3) is 10.0 Å². The van der Waals surface area contributed by atoms with Crippen LogP contribution in [0.5, 0.6) is 11.5 Å². The number of sulfonamides is 1. The number of hydrogen-bond acceptors (Lipinski definition) is 5. The van der Waals surface area contributed by atoms with Crippen molar-refractivity contribution in [3.05, 3.63) is 102 Å². The summed E-state index contributed by atoms with van der Waals surface area (Å²) < 4.78 is 52.8. The number of methoxy groups -OCH3 is 2. The molecular weight excluding hydrogens is 531 g/mol. The van der Waals surface area contributed by atoms with Crippen molar-refractivity contribution in [2.75, 3.05) is 30.4 Å². The minimum absolute atomic E-state index is 0.0117. The number of rotatable bonds is 9. The van der Waals surface area contributed by atoms with Crippen LogP contribution in [0.25, 0.3) is 11.1 Å². The number of nitrogens with zero attached hydrogens (tertiary/aromatic N) is 1. The zero-order valence-electron chi connectivity index (χ0n) is 20.5. The summed E-state index contributed by atoms with van der Waals surface area (Å²) in [6.07, 6.45) is 0.